The van der Waals surface area contributed by atoms with Crippen LogP contribution in [0.3, 0.4) is 0 Å². The SMILES string of the molecule is O=C(CCCCCN1C(=O)C=CC1=O)C1CC(=O)N(O)C1=O. The Labute approximate surface area is 126 Å². The highest BCUT2D eigenvalue weighted by molar-refractivity contribution is 6.13. The highest BCUT2D eigenvalue weighted by Crippen LogP contribution is 2.21. The molecule has 22 heavy (non-hydrogen) atoms. The van der Waals surface area contributed by atoms with Crippen LogP contribution in [0.15, 0.2) is 12.2 Å². The Morgan fingerprint density at radius 1 is 1.09 bits per heavy atom. The van der Waals surface area contributed by atoms with Crippen LogP contribution in [0, 0.1) is 5.92 Å². The summed E-state index contributed by atoms with van der Waals surface area (Å²) in [6.07, 6.45) is 3.95. The maximum Gasteiger partial charge on any atom is 0.264 e. The van der Waals surface area contributed by atoms with Gasteiger partial charge in [0.2, 0.25) is 0 Å². The molecule has 0 aromatic rings. The minimum absolute atomic E-state index is 0.000162. The Bertz CT molecular complexity index is 550. The van der Waals surface area contributed by atoms with Crippen LogP contribution in [0.2, 0.25) is 0 Å². The summed E-state index contributed by atoms with van der Waals surface area (Å²) in [5.41, 5.74) is 0. The summed E-state index contributed by atoms with van der Waals surface area (Å²) in [7, 11) is 0. The molecule has 1 saturated heterocycles. The average molecular weight is 308 g/mol. The fourth-order valence-electron chi connectivity index (χ4n) is 2.44. The van der Waals surface area contributed by atoms with Crippen LogP contribution >= 0.6 is 0 Å². The Hall–Kier alpha value is -2.35. The molecule has 0 aromatic carbocycles. The van der Waals surface area contributed by atoms with E-state index in [2.05, 4.69) is 0 Å². The van der Waals surface area contributed by atoms with Gasteiger partial charge in [-0.25, -0.2) is 0 Å². The highest BCUT2D eigenvalue weighted by atomic mass is 16.5. The van der Waals surface area contributed by atoms with Crippen molar-refractivity contribution in [1.82, 2.24) is 9.96 Å². The van der Waals surface area contributed by atoms with Crippen LogP contribution in [0.25, 0.3) is 0 Å². The van der Waals surface area contributed by atoms with Crippen molar-refractivity contribution in [3.63, 3.8) is 0 Å². The molecule has 2 aliphatic heterocycles. The van der Waals surface area contributed by atoms with Crippen LogP contribution in [0.1, 0.15) is 32.1 Å². The molecule has 8 nitrogen and oxygen atoms in total. The Morgan fingerprint density at radius 3 is 2.27 bits per heavy atom. The predicted octanol–water partition coefficient (Wildman–Crippen LogP) is -0.195. The molecule has 0 aromatic heterocycles. The van der Waals surface area contributed by atoms with Crippen molar-refractivity contribution < 1.29 is 29.2 Å². The van der Waals surface area contributed by atoms with Gasteiger partial charge in [-0.1, -0.05) is 6.42 Å². The molecule has 1 atom stereocenters. The van der Waals surface area contributed by atoms with Crippen molar-refractivity contribution in [2.45, 2.75) is 32.1 Å². The van der Waals surface area contributed by atoms with E-state index < -0.39 is 17.7 Å². The van der Waals surface area contributed by atoms with Crippen molar-refractivity contribution in [3.05, 3.63) is 12.2 Å². The average Bonchev–Trinajstić information content (AvgIpc) is 2.94. The van der Waals surface area contributed by atoms with E-state index in [4.69, 9.17) is 5.21 Å². The topological polar surface area (TPSA) is 112 Å². The lowest BCUT2D eigenvalue weighted by Crippen LogP contribution is -2.31. The normalized spacial score (nSPS) is 21.4. The monoisotopic (exact) mass is 308 g/mol. The third kappa shape index (κ3) is 3.28. The number of imide groups is 2. The van der Waals surface area contributed by atoms with Gasteiger partial charge in [-0.15, -0.1) is 0 Å². The molecule has 8 heteroatoms. The van der Waals surface area contributed by atoms with Gasteiger partial charge in [0.25, 0.3) is 23.6 Å². The number of Topliss-reactive ketones (excluding diaryl/α,β-unsaturated/α-hetero) is 1. The highest BCUT2D eigenvalue weighted by Gasteiger charge is 2.41. The maximum absolute atomic E-state index is 11.8. The Balaban J connectivity index is 1.66. The van der Waals surface area contributed by atoms with E-state index in [1.165, 1.54) is 12.2 Å². The number of amides is 4. The van der Waals surface area contributed by atoms with Gasteiger partial charge in [0.05, 0.1) is 0 Å². The third-order valence-electron chi connectivity index (χ3n) is 3.72. The van der Waals surface area contributed by atoms with Crippen molar-refractivity contribution in [1.29, 1.82) is 0 Å². The zero-order valence-electron chi connectivity index (χ0n) is 11.9. The molecular weight excluding hydrogens is 292 g/mol. The first-order chi connectivity index (χ1) is 10.4. The molecule has 1 fully saturated rings. The van der Waals surface area contributed by atoms with Crippen LogP contribution in [0.5, 0.6) is 0 Å². The van der Waals surface area contributed by atoms with Crippen molar-refractivity contribution in [2.24, 2.45) is 5.92 Å². The summed E-state index contributed by atoms with van der Waals surface area (Å²) in [4.78, 5) is 58.1. The maximum atomic E-state index is 11.8. The quantitative estimate of drug-likeness (QED) is 0.302. The van der Waals surface area contributed by atoms with E-state index in [1.807, 2.05) is 0 Å². The number of hydrogen-bond acceptors (Lipinski definition) is 6. The Kier molecular flexibility index (Phi) is 4.81. The van der Waals surface area contributed by atoms with Crippen molar-refractivity contribution >= 4 is 29.4 Å². The molecule has 118 valence electrons. The second kappa shape index (κ2) is 6.61. The molecule has 0 radical (unpaired) electrons. The van der Waals surface area contributed by atoms with Gasteiger partial charge in [-0.3, -0.25) is 34.1 Å². The lowest BCUT2D eigenvalue weighted by atomic mass is 9.97. The van der Waals surface area contributed by atoms with Crippen LogP contribution in [-0.2, 0) is 24.0 Å². The van der Waals surface area contributed by atoms with Gasteiger partial charge in [0, 0.05) is 31.5 Å². The van der Waals surface area contributed by atoms with Gasteiger partial charge >= 0.3 is 0 Å². The number of nitrogens with zero attached hydrogens (tertiary/aromatic N) is 2. The molecular formula is C14H16N2O6. The molecule has 0 spiro atoms. The number of hydroxylamine groups is 2. The molecule has 0 bridgehead atoms. The van der Waals surface area contributed by atoms with E-state index in [0.717, 1.165) is 4.90 Å². The van der Waals surface area contributed by atoms with E-state index >= 15 is 0 Å². The summed E-state index contributed by atoms with van der Waals surface area (Å²) in [6, 6.07) is 0. The van der Waals surface area contributed by atoms with Crippen LogP contribution in [-0.4, -0.2) is 51.1 Å². The molecule has 1 N–H and O–H groups in total. The summed E-state index contributed by atoms with van der Waals surface area (Å²) < 4.78 is 0. The van der Waals surface area contributed by atoms with Crippen LogP contribution < -0.4 is 0 Å². The van der Waals surface area contributed by atoms with Gasteiger partial charge in [-0.2, -0.15) is 5.06 Å². The molecule has 2 heterocycles. The summed E-state index contributed by atoms with van der Waals surface area (Å²) in [6.45, 7) is 0.296. The molecule has 2 aliphatic rings. The molecule has 0 aliphatic carbocycles. The summed E-state index contributed by atoms with van der Waals surface area (Å²) in [5.74, 6) is -3.75. The second-order valence-corrected chi connectivity index (χ2v) is 5.24. The fourth-order valence-corrected chi connectivity index (χ4v) is 2.44. The lowest BCUT2D eigenvalue weighted by molar-refractivity contribution is -0.172. The standard InChI is InChI=1S/C14H16N2O6/c17-10(9-8-13(20)16(22)14(9)21)4-2-1-3-7-15-11(18)5-6-12(15)19/h5-6,9,22H,1-4,7-8H2. The number of carbonyl (C=O) groups excluding carboxylic acids is 5. The van der Waals surface area contributed by atoms with Gasteiger partial charge in [-0.05, 0) is 12.8 Å². The largest absolute Gasteiger partial charge is 0.299 e. The third-order valence-corrected chi connectivity index (χ3v) is 3.72. The zero-order chi connectivity index (χ0) is 16.3. The number of unbranched alkanes of at least 4 members (excludes halogenated alkanes) is 2. The first kappa shape index (κ1) is 16.0. The fraction of sp³-hybridized carbons (Fsp3) is 0.500. The smallest absolute Gasteiger partial charge is 0.264 e. The van der Waals surface area contributed by atoms with E-state index in [9.17, 15) is 24.0 Å². The molecule has 0 saturated carbocycles. The van der Waals surface area contributed by atoms with Crippen molar-refractivity contribution in [2.75, 3.05) is 6.54 Å². The zero-order valence-corrected chi connectivity index (χ0v) is 11.9. The second-order valence-electron chi connectivity index (χ2n) is 5.24. The van der Waals surface area contributed by atoms with Gasteiger partial charge in [0.1, 0.15) is 11.7 Å². The number of hydrogen-bond donors (Lipinski definition) is 1. The summed E-state index contributed by atoms with van der Waals surface area (Å²) in [5, 5.41) is 9.07. The Morgan fingerprint density at radius 2 is 1.73 bits per heavy atom. The van der Waals surface area contributed by atoms with E-state index in [1.54, 1.807) is 0 Å². The molecule has 4 amide bonds. The predicted molar refractivity (Wildman–Crippen MR) is 71.1 cm³/mol. The minimum Gasteiger partial charge on any atom is -0.299 e. The number of rotatable bonds is 7. The van der Waals surface area contributed by atoms with E-state index in [0.29, 0.717) is 25.8 Å². The first-order valence-corrected chi connectivity index (χ1v) is 7.03. The minimum atomic E-state index is -1.08. The van der Waals surface area contributed by atoms with E-state index in [-0.39, 0.29) is 35.5 Å². The summed E-state index contributed by atoms with van der Waals surface area (Å²) >= 11 is 0. The van der Waals surface area contributed by atoms with Crippen molar-refractivity contribution in [3.8, 4) is 0 Å². The van der Waals surface area contributed by atoms with Gasteiger partial charge in [0.15, 0.2) is 0 Å². The van der Waals surface area contributed by atoms with Gasteiger partial charge < -0.3 is 0 Å². The molecule has 1 unspecified atom stereocenters. The number of ketones is 1. The molecule has 2 rings (SSSR count). The number of carbonyl (C=O) groups is 5. The first-order valence-electron chi connectivity index (χ1n) is 7.03. The lowest BCUT2D eigenvalue weighted by Gasteiger charge is -2.13. The van der Waals surface area contributed by atoms with Crippen LogP contribution in [0.4, 0.5) is 0 Å².